The number of benzene rings is 3. The lowest BCUT2D eigenvalue weighted by molar-refractivity contribution is 0.102. The molecule has 0 aliphatic heterocycles. The van der Waals surface area contributed by atoms with Crippen LogP contribution in [0.15, 0.2) is 60.7 Å². The van der Waals surface area contributed by atoms with Gasteiger partial charge in [-0.3, -0.25) is 9.10 Å². The van der Waals surface area contributed by atoms with E-state index in [0.717, 1.165) is 16.7 Å². The fourth-order valence-corrected chi connectivity index (χ4v) is 4.16. The maximum atomic E-state index is 12.7. The van der Waals surface area contributed by atoms with Gasteiger partial charge in [-0.1, -0.05) is 18.2 Å². The van der Waals surface area contributed by atoms with Crippen LogP contribution >= 0.6 is 0 Å². The van der Waals surface area contributed by atoms with Crippen molar-refractivity contribution < 1.29 is 22.7 Å². The van der Waals surface area contributed by atoms with Crippen LogP contribution in [0.5, 0.6) is 11.5 Å². The molecule has 1 amide bonds. The summed E-state index contributed by atoms with van der Waals surface area (Å²) in [6, 6.07) is 17.6. The van der Waals surface area contributed by atoms with Crippen LogP contribution in [-0.4, -0.2) is 34.8 Å². The highest BCUT2D eigenvalue weighted by molar-refractivity contribution is 7.92. The third-order valence-corrected chi connectivity index (χ3v) is 6.47. The molecule has 0 fully saturated rings. The van der Waals surface area contributed by atoms with E-state index in [9.17, 15) is 13.2 Å². The van der Waals surface area contributed by atoms with E-state index in [1.807, 2.05) is 26.0 Å². The molecule has 3 rings (SSSR count). The van der Waals surface area contributed by atoms with E-state index in [2.05, 4.69) is 5.32 Å². The van der Waals surface area contributed by atoms with Crippen molar-refractivity contribution in [1.82, 2.24) is 0 Å². The normalized spacial score (nSPS) is 11.1. The predicted octanol–water partition coefficient (Wildman–Crippen LogP) is 4.54. The number of methoxy groups -OCH3 is 2. The van der Waals surface area contributed by atoms with Gasteiger partial charge in [0.15, 0.2) is 0 Å². The fourth-order valence-electron chi connectivity index (χ4n) is 3.28. The van der Waals surface area contributed by atoms with Gasteiger partial charge in [0.1, 0.15) is 11.5 Å². The lowest BCUT2D eigenvalue weighted by Gasteiger charge is -2.23. The SMILES string of the molecule is COc1cc(OC)cc(C(=O)Nc2ccc(CN(c3ccc(C)c(C)c3)S(C)(=O)=O)cc2)c1. The Labute approximate surface area is 195 Å². The molecule has 0 heterocycles. The lowest BCUT2D eigenvalue weighted by Crippen LogP contribution is -2.29. The minimum absolute atomic E-state index is 0.183. The lowest BCUT2D eigenvalue weighted by atomic mass is 10.1. The van der Waals surface area contributed by atoms with Gasteiger partial charge in [0.05, 0.1) is 32.7 Å². The zero-order valence-electron chi connectivity index (χ0n) is 19.4. The summed E-state index contributed by atoms with van der Waals surface area (Å²) in [4.78, 5) is 12.7. The Morgan fingerprint density at radius 3 is 2.00 bits per heavy atom. The van der Waals surface area contributed by atoms with Gasteiger partial charge < -0.3 is 14.8 Å². The predicted molar refractivity (Wildman–Crippen MR) is 131 cm³/mol. The molecule has 8 heteroatoms. The van der Waals surface area contributed by atoms with Gasteiger partial charge in [0.2, 0.25) is 10.0 Å². The average molecular weight is 469 g/mol. The molecule has 174 valence electrons. The molecule has 0 unspecified atom stereocenters. The monoisotopic (exact) mass is 468 g/mol. The Morgan fingerprint density at radius 2 is 1.48 bits per heavy atom. The van der Waals surface area contributed by atoms with Crippen LogP contribution in [0.4, 0.5) is 11.4 Å². The van der Waals surface area contributed by atoms with Crippen molar-refractivity contribution in [3.8, 4) is 11.5 Å². The molecule has 0 saturated carbocycles. The molecular formula is C25H28N2O5S. The summed E-state index contributed by atoms with van der Waals surface area (Å²) in [5.74, 6) is 0.719. The van der Waals surface area contributed by atoms with E-state index in [1.54, 1.807) is 48.5 Å². The number of carbonyl (C=O) groups excluding carboxylic acids is 1. The molecule has 0 spiro atoms. The van der Waals surface area contributed by atoms with Crippen molar-refractivity contribution >= 4 is 27.3 Å². The van der Waals surface area contributed by atoms with Gasteiger partial charge in [-0.05, 0) is 66.9 Å². The second-order valence-electron chi connectivity index (χ2n) is 7.79. The second kappa shape index (κ2) is 9.95. The molecule has 0 aliphatic rings. The summed E-state index contributed by atoms with van der Waals surface area (Å²) in [6.07, 6.45) is 1.19. The number of carbonyl (C=O) groups is 1. The summed E-state index contributed by atoms with van der Waals surface area (Å²) in [5, 5.41) is 2.84. The molecule has 0 saturated heterocycles. The first-order valence-electron chi connectivity index (χ1n) is 10.3. The Hall–Kier alpha value is -3.52. The van der Waals surface area contributed by atoms with Crippen LogP contribution in [0.1, 0.15) is 27.0 Å². The summed E-state index contributed by atoms with van der Waals surface area (Å²) in [7, 11) is -0.443. The molecule has 0 bridgehead atoms. The van der Waals surface area contributed by atoms with E-state index in [1.165, 1.54) is 24.8 Å². The van der Waals surface area contributed by atoms with Gasteiger partial charge in [-0.2, -0.15) is 0 Å². The van der Waals surface area contributed by atoms with Gasteiger partial charge >= 0.3 is 0 Å². The van der Waals surface area contributed by atoms with E-state index < -0.39 is 10.0 Å². The van der Waals surface area contributed by atoms with E-state index >= 15 is 0 Å². The average Bonchev–Trinajstić information content (AvgIpc) is 2.79. The maximum absolute atomic E-state index is 12.7. The quantitative estimate of drug-likeness (QED) is 0.525. The van der Waals surface area contributed by atoms with Gasteiger partial charge in [-0.25, -0.2) is 8.42 Å². The first kappa shape index (κ1) is 24.1. The van der Waals surface area contributed by atoms with Crippen molar-refractivity contribution in [2.24, 2.45) is 0 Å². The van der Waals surface area contributed by atoms with Crippen LogP contribution in [0, 0.1) is 13.8 Å². The summed E-state index contributed by atoms with van der Waals surface area (Å²) in [6.45, 7) is 4.12. The van der Waals surface area contributed by atoms with Crippen LogP contribution in [0.2, 0.25) is 0 Å². The third-order valence-electron chi connectivity index (χ3n) is 5.33. The smallest absolute Gasteiger partial charge is 0.255 e. The van der Waals surface area contributed by atoms with Crippen molar-refractivity contribution in [3.05, 3.63) is 82.9 Å². The van der Waals surface area contributed by atoms with Crippen molar-refractivity contribution in [2.75, 3.05) is 30.1 Å². The van der Waals surface area contributed by atoms with E-state index in [4.69, 9.17) is 9.47 Å². The minimum Gasteiger partial charge on any atom is -0.497 e. The molecule has 33 heavy (non-hydrogen) atoms. The second-order valence-corrected chi connectivity index (χ2v) is 9.70. The standard InChI is InChI=1S/C25H28N2O5S/c1-17-6-11-22(12-18(17)2)27(33(5,29)30)16-19-7-9-21(10-8-19)26-25(28)20-13-23(31-3)15-24(14-20)32-4/h6-15H,16H2,1-5H3,(H,26,28). The molecule has 0 radical (unpaired) electrons. The topological polar surface area (TPSA) is 84.9 Å². The molecule has 3 aromatic rings. The van der Waals surface area contributed by atoms with Crippen LogP contribution in [0.3, 0.4) is 0 Å². The summed E-state index contributed by atoms with van der Waals surface area (Å²) in [5.41, 5.74) is 4.51. The number of nitrogens with one attached hydrogen (secondary N) is 1. The highest BCUT2D eigenvalue weighted by atomic mass is 32.2. The van der Waals surface area contributed by atoms with E-state index in [0.29, 0.717) is 28.4 Å². The molecule has 7 nitrogen and oxygen atoms in total. The van der Waals surface area contributed by atoms with Crippen LogP contribution in [-0.2, 0) is 16.6 Å². The number of sulfonamides is 1. The highest BCUT2D eigenvalue weighted by Crippen LogP contribution is 2.25. The number of aryl methyl sites for hydroxylation is 2. The number of ether oxygens (including phenoxy) is 2. The highest BCUT2D eigenvalue weighted by Gasteiger charge is 2.18. The first-order chi connectivity index (χ1) is 15.6. The number of anilines is 2. The Morgan fingerprint density at radius 1 is 0.879 bits per heavy atom. The summed E-state index contributed by atoms with van der Waals surface area (Å²) >= 11 is 0. The van der Waals surface area contributed by atoms with Gasteiger partial charge in [0, 0.05) is 17.3 Å². The molecule has 0 atom stereocenters. The minimum atomic E-state index is -3.48. The van der Waals surface area contributed by atoms with Crippen LogP contribution in [0.25, 0.3) is 0 Å². The zero-order chi connectivity index (χ0) is 24.2. The fraction of sp³-hybridized carbons (Fsp3) is 0.240. The molecule has 3 aromatic carbocycles. The first-order valence-corrected chi connectivity index (χ1v) is 12.1. The Kier molecular flexibility index (Phi) is 7.28. The van der Waals surface area contributed by atoms with Crippen LogP contribution < -0.4 is 19.1 Å². The molecule has 0 aliphatic carbocycles. The zero-order valence-corrected chi connectivity index (χ0v) is 20.2. The number of amides is 1. The molecule has 1 N–H and O–H groups in total. The van der Waals surface area contributed by atoms with Crippen molar-refractivity contribution in [2.45, 2.75) is 20.4 Å². The van der Waals surface area contributed by atoms with Crippen molar-refractivity contribution in [3.63, 3.8) is 0 Å². The number of hydrogen-bond acceptors (Lipinski definition) is 5. The summed E-state index contributed by atoms with van der Waals surface area (Å²) < 4.78 is 36.7. The van der Waals surface area contributed by atoms with Crippen molar-refractivity contribution in [1.29, 1.82) is 0 Å². The van der Waals surface area contributed by atoms with Gasteiger partial charge in [-0.15, -0.1) is 0 Å². The largest absolute Gasteiger partial charge is 0.497 e. The molecule has 0 aromatic heterocycles. The van der Waals surface area contributed by atoms with Gasteiger partial charge in [0.25, 0.3) is 5.91 Å². The third kappa shape index (κ3) is 6.04. The number of rotatable bonds is 8. The maximum Gasteiger partial charge on any atom is 0.255 e. The number of nitrogens with zero attached hydrogens (tertiary/aromatic N) is 1. The Bertz CT molecular complexity index is 1230. The molecular weight excluding hydrogens is 440 g/mol. The Balaban J connectivity index is 1.77. The number of hydrogen-bond donors (Lipinski definition) is 1. The van der Waals surface area contributed by atoms with E-state index in [-0.39, 0.29) is 12.5 Å².